The second-order valence-electron chi connectivity index (χ2n) is 6.47. The quantitative estimate of drug-likeness (QED) is 0.385. The number of amides is 1. The number of ether oxygens (including phenoxy) is 1. The smallest absolute Gasteiger partial charge is 0.333 e. The summed E-state index contributed by atoms with van der Waals surface area (Å²) < 4.78 is 7.69. The van der Waals surface area contributed by atoms with Crippen LogP contribution in [0.3, 0.4) is 0 Å². The van der Waals surface area contributed by atoms with Crippen LogP contribution in [0.2, 0.25) is 0 Å². The summed E-state index contributed by atoms with van der Waals surface area (Å²) in [4.78, 5) is 24.7. The molecule has 2 aromatic carbocycles. The molecule has 7 nitrogen and oxygen atoms in total. The second-order valence-corrected chi connectivity index (χ2v) is 8.32. The third kappa shape index (κ3) is 5.70. The predicted molar refractivity (Wildman–Crippen MR) is 118 cm³/mol. The van der Waals surface area contributed by atoms with Crippen molar-refractivity contribution in [1.82, 2.24) is 20.1 Å². The highest BCUT2D eigenvalue weighted by molar-refractivity contribution is 9.10. The normalized spacial score (nSPS) is 11.7. The molecule has 1 N–H and O–H groups in total. The maximum Gasteiger partial charge on any atom is 0.333 e. The number of halogens is 1. The van der Waals surface area contributed by atoms with Crippen molar-refractivity contribution in [2.24, 2.45) is 0 Å². The van der Waals surface area contributed by atoms with Crippen LogP contribution in [0.15, 0.2) is 64.2 Å². The van der Waals surface area contributed by atoms with Crippen molar-refractivity contribution < 1.29 is 14.3 Å². The molecule has 1 aromatic heterocycles. The van der Waals surface area contributed by atoms with Gasteiger partial charge in [0.2, 0.25) is 5.91 Å². The van der Waals surface area contributed by atoms with Gasteiger partial charge < -0.3 is 14.6 Å². The van der Waals surface area contributed by atoms with E-state index >= 15 is 0 Å². The maximum absolute atomic E-state index is 12.6. The van der Waals surface area contributed by atoms with E-state index in [2.05, 4.69) is 31.4 Å². The number of hydrogen-bond donors (Lipinski definition) is 1. The summed E-state index contributed by atoms with van der Waals surface area (Å²) in [6, 6.07) is 16.2. The van der Waals surface area contributed by atoms with E-state index in [4.69, 9.17) is 4.74 Å². The first-order valence-corrected chi connectivity index (χ1v) is 10.9. The van der Waals surface area contributed by atoms with Crippen molar-refractivity contribution in [3.05, 3.63) is 76.0 Å². The number of nitrogens with zero attached hydrogens (tertiary/aromatic N) is 3. The van der Waals surface area contributed by atoms with Gasteiger partial charge in [-0.2, -0.15) is 0 Å². The number of rotatable bonds is 8. The molecule has 0 bridgehead atoms. The molecule has 1 atom stereocenters. The minimum absolute atomic E-state index is 0.0942. The number of benzene rings is 2. The summed E-state index contributed by atoms with van der Waals surface area (Å²) in [6.07, 6.45) is 0. The topological polar surface area (TPSA) is 86.1 Å². The Labute approximate surface area is 187 Å². The molecule has 156 valence electrons. The number of carbonyl (C=O) groups excluding carboxylic acids is 2. The molecular weight excluding hydrogens is 468 g/mol. The predicted octanol–water partition coefficient (Wildman–Crippen LogP) is 3.52. The van der Waals surface area contributed by atoms with Crippen LogP contribution in [0.25, 0.3) is 0 Å². The molecule has 3 rings (SSSR count). The minimum atomic E-state index is -0.875. The first-order valence-electron chi connectivity index (χ1n) is 9.17. The number of nitrogens with one attached hydrogen (secondary N) is 1. The molecular formula is C21H21BrN4O3S. The molecule has 1 unspecified atom stereocenters. The van der Waals surface area contributed by atoms with E-state index < -0.39 is 12.0 Å². The number of aryl methyl sites for hydroxylation is 1. The van der Waals surface area contributed by atoms with Gasteiger partial charge in [0.1, 0.15) is 5.82 Å². The highest BCUT2D eigenvalue weighted by atomic mass is 79.9. The van der Waals surface area contributed by atoms with Crippen LogP contribution in [0.4, 0.5) is 0 Å². The molecule has 0 spiro atoms. The van der Waals surface area contributed by atoms with Crippen LogP contribution >= 0.6 is 27.7 Å². The van der Waals surface area contributed by atoms with Crippen molar-refractivity contribution in [1.29, 1.82) is 0 Å². The molecule has 0 fully saturated rings. The number of carbonyl (C=O) groups is 2. The molecule has 9 heteroatoms. The lowest BCUT2D eigenvalue weighted by Crippen LogP contribution is -2.35. The number of esters is 1. The monoisotopic (exact) mass is 488 g/mol. The van der Waals surface area contributed by atoms with Crippen LogP contribution in [-0.4, -0.2) is 39.5 Å². The van der Waals surface area contributed by atoms with E-state index in [1.165, 1.54) is 18.9 Å². The lowest BCUT2D eigenvalue weighted by molar-refractivity contribution is -0.145. The number of thioether (sulfide) groups is 1. The fourth-order valence-electron chi connectivity index (χ4n) is 2.80. The summed E-state index contributed by atoms with van der Waals surface area (Å²) in [5.41, 5.74) is 1.76. The summed E-state index contributed by atoms with van der Waals surface area (Å²) in [5.74, 6) is 0.0322. The molecule has 0 saturated carbocycles. The van der Waals surface area contributed by atoms with Gasteiger partial charge in [-0.05, 0) is 30.2 Å². The van der Waals surface area contributed by atoms with Crippen molar-refractivity contribution in [3.8, 4) is 0 Å². The Morgan fingerprint density at radius 1 is 1.13 bits per heavy atom. The van der Waals surface area contributed by atoms with Crippen molar-refractivity contribution in [2.75, 3.05) is 12.9 Å². The molecule has 3 aromatic rings. The summed E-state index contributed by atoms with van der Waals surface area (Å²) >= 11 is 4.63. The van der Waals surface area contributed by atoms with Gasteiger partial charge in [0, 0.05) is 4.47 Å². The molecule has 0 aliphatic carbocycles. The number of aromatic nitrogens is 3. The maximum atomic E-state index is 12.6. The second kappa shape index (κ2) is 10.4. The molecule has 0 radical (unpaired) electrons. The average molecular weight is 489 g/mol. The highest BCUT2D eigenvalue weighted by Gasteiger charge is 2.24. The summed E-state index contributed by atoms with van der Waals surface area (Å²) in [5, 5.41) is 11.7. The summed E-state index contributed by atoms with van der Waals surface area (Å²) in [6.45, 7) is 2.49. The third-order valence-electron chi connectivity index (χ3n) is 4.36. The Bertz CT molecular complexity index is 1010. The van der Waals surface area contributed by atoms with Gasteiger partial charge in [-0.1, -0.05) is 70.2 Å². The lowest BCUT2D eigenvalue weighted by Gasteiger charge is -2.17. The van der Waals surface area contributed by atoms with E-state index in [0.717, 1.165) is 15.9 Å². The number of hydrogen-bond acceptors (Lipinski definition) is 6. The molecule has 0 saturated heterocycles. The Balaban J connectivity index is 1.66. The average Bonchev–Trinajstić information content (AvgIpc) is 3.11. The van der Waals surface area contributed by atoms with E-state index in [9.17, 15) is 9.59 Å². The first kappa shape index (κ1) is 22.0. The zero-order valence-corrected chi connectivity index (χ0v) is 18.9. The zero-order chi connectivity index (χ0) is 21.5. The molecule has 1 amide bonds. The SMILES string of the molecule is COC(=O)C(NC(=O)CSc1nnc(C)n1Cc1ccccc1)c1ccc(Br)cc1. The van der Waals surface area contributed by atoms with E-state index in [-0.39, 0.29) is 11.7 Å². The number of methoxy groups -OCH3 is 1. The Kier molecular flexibility index (Phi) is 7.64. The Morgan fingerprint density at radius 3 is 2.50 bits per heavy atom. The first-order chi connectivity index (χ1) is 14.5. The highest BCUT2D eigenvalue weighted by Crippen LogP contribution is 2.21. The van der Waals surface area contributed by atoms with Crippen LogP contribution < -0.4 is 5.32 Å². The molecule has 0 aliphatic rings. The largest absolute Gasteiger partial charge is 0.467 e. The van der Waals surface area contributed by atoms with Gasteiger partial charge in [-0.25, -0.2) is 4.79 Å². The lowest BCUT2D eigenvalue weighted by atomic mass is 10.1. The van der Waals surface area contributed by atoms with Crippen LogP contribution in [0, 0.1) is 6.92 Å². The molecule has 1 heterocycles. The van der Waals surface area contributed by atoms with Crippen LogP contribution in [0.1, 0.15) is 23.0 Å². The van der Waals surface area contributed by atoms with Gasteiger partial charge in [0.05, 0.1) is 19.4 Å². The Hall–Kier alpha value is -2.65. The van der Waals surface area contributed by atoms with Gasteiger partial charge >= 0.3 is 5.97 Å². The zero-order valence-electron chi connectivity index (χ0n) is 16.5. The fourth-order valence-corrected chi connectivity index (χ4v) is 3.86. The van der Waals surface area contributed by atoms with Crippen molar-refractivity contribution >= 4 is 39.6 Å². The van der Waals surface area contributed by atoms with E-state index in [1.807, 2.05) is 41.8 Å². The van der Waals surface area contributed by atoms with Crippen LogP contribution in [-0.2, 0) is 20.9 Å². The van der Waals surface area contributed by atoms with Crippen LogP contribution in [0.5, 0.6) is 0 Å². The van der Waals surface area contributed by atoms with Gasteiger partial charge in [0.15, 0.2) is 11.2 Å². The fraction of sp³-hybridized carbons (Fsp3) is 0.238. The van der Waals surface area contributed by atoms with Gasteiger partial charge in [-0.3, -0.25) is 4.79 Å². The van der Waals surface area contributed by atoms with E-state index in [1.54, 1.807) is 24.3 Å². The molecule has 0 aliphatic heterocycles. The van der Waals surface area contributed by atoms with E-state index in [0.29, 0.717) is 17.3 Å². The minimum Gasteiger partial charge on any atom is -0.467 e. The summed E-state index contributed by atoms with van der Waals surface area (Å²) in [7, 11) is 1.30. The van der Waals surface area contributed by atoms with Crippen molar-refractivity contribution in [3.63, 3.8) is 0 Å². The standard InChI is InChI=1S/C21H21BrN4O3S/c1-14-24-25-21(26(14)12-15-6-4-3-5-7-15)30-13-18(27)23-19(20(28)29-2)16-8-10-17(22)11-9-16/h3-11,19H,12-13H2,1-2H3,(H,23,27). The van der Waals surface area contributed by atoms with Gasteiger partial charge in [-0.15, -0.1) is 10.2 Å². The van der Waals surface area contributed by atoms with Gasteiger partial charge in [0.25, 0.3) is 0 Å². The Morgan fingerprint density at radius 2 is 1.83 bits per heavy atom. The third-order valence-corrected chi connectivity index (χ3v) is 5.86. The van der Waals surface area contributed by atoms with Crippen molar-refractivity contribution in [2.45, 2.75) is 24.7 Å². The molecule has 30 heavy (non-hydrogen) atoms.